The zero-order chi connectivity index (χ0) is 7.33. The van der Waals surface area contributed by atoms with Crippen LogP contribution in [-0.2, 0) is 0 Å². The van der Waals surface area contributed by atoms with Gasteiger partial charge in [0.1, 0.15) is 0 Å². The van der Waals surface area contributed by atoms with E-state index in [-0.39, 0.29) is 5.41 Å². The van der Waals surface area contributed by atoms with Crippen LogP contribution in [0.15, 0.2) is 5.11 Å². The van der Waals surface area contributed by atoms with E-state index in [1.54, 1.807) is 0 Å². The summed E-state index contributed by atoms with van der Waals surface area (Å²) in [5.41, 5.74) is 7.62. The van der Waals surface area contributed by atoms with Crippen molar-refractivity contribution in [2.75, 3.05) is 6.54 Å². The molecule has 0 amide bonds. The average molecular weight is 126 g/mol. The Hall–Kier alpha value is -1.02. The van der Waals surface area contributed by atoms with Crippen LogP contribution in [0.1, 0.15) is 13.8 Å². The highest BCUT2D eigenvalue weighted by Gasteiger charge is 2.11. The lowest BCUT2D eigenvalue weighted by Gasteiger charge is -2.13. The Labute approximate surface area is 54.0 Å². The van der Waals surface area contributed by atoms with E-state index in [1.807, 2.05) is 13.8 Å². The molecule has 0 aromatic heterocycles. The Morgan fingerprint density at radius 3 is 2.67 bits per heavy atom. The van der Waals surface area contributed by atoms with Crippen LogP contribution in [-0.4, -0.2) is 12.8 Å². The minimum absolute atomic E-state index is 0.285. The van der Waals surface area contributed by atoms with Crippen molar-refractivity contribution in [2.45, 2.75) is 13.8 Å². The van der Waals surface area contributed by atoms with Gasteiger partial charge in [0, 0.05) is 23.1 Å². The van der Waals surface area contributed by atoms with E-state index < -0.39 is 0 Å². The van der Waals surface area contributed by atoms with E-state index >= 15 is 0 Å². The number of nitrogens with one attached hydrogen (secondary N) is 1. The van der Waals surface area contributed by atoms with Crippen molar-refractivity contribution in [2.24, 2.45) is 10.5 Å². The summed E-state index contributed by atoms with van der Waals surface area (Å²) in [6, 6.07) is 0. The van der Waals surface area contributed by atoms with Crippen LogP contribution in [0.4, 0.5) is 0 Å². The molecule has 4 nitrogen and oxygen atoms in total. The lowest BCUT2D eigenvalue weighted by Crippen LogP contribution is -2.15. The molecule has 9 heavy (non-hydrogen) atoms. The van der Waals surface area contributed by atoms with Gasteiger partial charge < -0.3 is 5.41 Å². The van der Waals surface area contributed by atoms with Gasteiger partial charge in [-0.2, -0.15) is 0 Å². The molecule has 0 heterocycles. The number of rotatable bonds is 3. The highest BCUT2D eigenvalue weighted by molar-refractivity contribution is 5.61. The minimum Gasteiger partial charge on any atom is -0.313 e. The maximum absolute atomic E-state index is 7.91. The third-order valence-electron chi connectivity index (χ3n) is 0.932. The second-order valence-corrected chi connectivity index (χ2v) is 2.52. The normalized spacial score (nSPS) is 10.0. The van der Waals surface area contributed by atoms with Gasteiger partial charge in [0.25, 0.3) is 0 Å². The predicted octanol–water partition coefficient (Wildman–Crippen LogP) is 1.97. The molecule has 0 unspecified atom stereocenters. The quantitative estimate of drug-likeness (QED) is 0.260. The summed E-state index contributed by atoms with van der Waals surface area (Å²) in [4.78, 5) is 2.59. The SMILES string of the molecule is CC(C)(C=N)CN=[N+]=[N-]. The van der Waals surface area contributed by atoms with Gasteiger partial charge in [0.15, 0.2) is 0 Å². The zero-order valence-corrected chi connectivity index (χ0v) is 5.63. The van der Waals surface area contributed by atoms with Crippen molar-refractivity contribution < 1.29 is 0 Å². The van der Waals surface area contributed by atoms with Crippen LogP contribution in [0.2, 0.25) is 0 Å². The van der Waals surface area contributed by atoms with Crippen LogP contribution in [0.5, 0.6) is 0 Å². The van der Waals surface area contributed by atoms with E-state index in [2.05, 4.69) is 10.0 Å². The van der Waals surface area contributed by atoms with Gasteiger partial charge in [0.05, 0.1) is 0 Å². The lowest BCUT2D eigenvalue weighted by atomic mass is 9.96. The first kappa shape index (κ1) is 7.98. The molecular formula is C5H10N4. The first-order valence-corrected chi connectivity index (χ1v) is 2.65. The summed E-state index contributed by atoms with van der Waals surface area (Å²) in [5, 5.41) is 10.2. The fourth-order valence-electron chi connectivity index (χ4n) is 0.260. The molecule has 0 aromatic carbocycles. The monoisotopic (exact) mass is 126 g/mol. The van der Waals surface area contributed by atoms with E-state index in [0.29, 0.717) is 6.54 Å². The molecule has 0 radical (unpaired) electrons. The largest absolute Gasteiger partial charge is 0.313 e. The Balaban J connectivity index is 3.85. The number of hydrogen-bond acceptors (Lipinski definition) is 2. The van der Waals surface area contributed by atoms with E-state index in [1.165, 1.54) is 6.21 Å². The van der Waals surface area contributed by atoms with Crippen molar-refractivity contribution in [1.29, 1.82) is 5.41 Å². The Bertz CT molecular complexity index is 143. The smallest absolute Gasteiger partial charge is 0.0358 e. The van der Waals surface area contributed by atoms with Gasteiger partial charge >= 0.3 is 0 Å². The Morgan fingerprint density at radius 2 is 2.33 bits per heavy atom. The molecule has 50 valence electrons. The summed E-state index contributed by atoms with van der Waals surface area (Å²) < 4.78 is 0. The van der Waals surface area contributed by atoms with Gasteiger partial charge in [-0.1, -0.05) is 19.0 Å². The van der Waals surface area contributed by atoms with Gasteiger partial charge in [-0.25, -0.2) is 0 Å². The summed E-state index contributed by atoms with van der Waals surface area (Å²) >= 11 is 0. The van der Waals surface area contributed by atoms with Crippen molar-refractivity contribution in [3.05, 3.63) is 10.4 Å². The van der Waals surface area contributed by atoms with Gasteiger partial charge in [-0.15, -0.1) is 0 Å². The van der Waals surface area contributed by atoms with Gasteiger partial charge in [0.2, 0.25) is 0 Å². The highest BCUT2D eigenvalue weighted by Crippen LogP contribution is 2.10. The van der Waals surface area contributed by atoms with E-state index in [0.717, 1.165) is 0 Å². The summed E-state index contributed by atoms with van der Waals surface area (Å²) in [5.74, 6) is 0. The standard InChI is InChI=1S/C5H10N4/c1-5(2,3-6)4-8-9-7/h3,6H,4H2,1-2H3. The molecule has 0 atom stereocenters. The molecular weight excluding hydrogens is 116 g/mol. The third kappa shape index (κ3) is 3.55. The maximum atomic E-state index is 7.91. The summed E-state index contributed by atoms with van der Waals surface area (Å²) in [6.45, 7) is 4.04. The molecule has 0 saturated carbocycles. The predicted molar refractivity (Wildman–Crippen MR) is 36.6 cm³/mol. The average Bonchev–Trinajstić information content (AvgIpc) is 1.84. The zero-order valence-electron chi connectivity index (χ0n) is 5.63. The highest BCUT2D eigenvalue weighted by atomic mass is 15.1. The lowest BCUT2D eigenvalue weighted by molar-refractivity contribution is 0.547. The van der Waals surface area contributed by atoms with Crippen molar-refractivity contribution in [1.82, 2.24) is 0 Å². The number of hydrogen-bond donors (Lipinski definition) is 1. The molecule has 0 aliphatic carbocycles. The van der Waals surface area contributed by atoms with Crippen LogP contribution < -0.4 is 0 Å². The van der Waals surface area contributed by atoms with Gasteiger partial charge in [-0.3, -0.25) is 0 Å². The van der Waals surface area contributed by atoms with Crippen LogP contribution >= 0.6 is 0 Å². The molecule has 0 spiro atoms. The Morgan fingerprint density at radius 1 is 1.78 bits per heavy atom. The first-order chi connectivity index (χ1) is 4.12. The molecule has 1 N–H and O–H groups in total. The van der Waals surface area contributed by atoms with Crippen molar-refractivity contribution >= 4 is 6.21 Å². The molecule has 0 aliphatic heterocycles. The molecule has 4 heteroatoms. The van der Waals surface area contributed by atoms with E-state index in [4.69, 9.17) is 10.9 Å². The van der Waals surface area contributed by atoms with Crippen molar-refractivity contribution in [3.8, 4) is 0 Å². The fraction of sp³-hybridized carbons (Fsp3) is 0.800. The number of nitrogens with zero attached hydrogens (tertiary/aromatic N) is 3. The van der Waals surface area contributed by atoms with Gasteiger partial charge in [-0.05, 0) is 5.53 Å². The third-order valence-corrected chi connectivity index (χ3v) is 0.932. The van der Waals surface area contributed by atoms with Crippen LogP contribution in [0.25, 0.3) is 10.4 Å². The first-order valence-electron chi connectivity index (χ1n) is 2.65. The molecule has 0 bridgehead atoms. The minimum atomic E-state index is -0.285. The van der Waals surface area contributed by atoms with E-state index in [9.17, 15) is 0 Å². The molecule has 0 aromatic rings. The molecule has 0 saturated heterocycles. The molecule has 0 fully saturated rings. The second kappa shape index (κ2) is 3.10. The van der Waals surface area contributed by atoms with Crippen LogP contribution in [0.3, 0.4) is 0 Å². The molecule has 0 rings (SSSR count). The summed E-state index contributed by atoms with van der Waals surface area (Å²) in [7, 11) is 0. The Kier molecular flexibility index (Phi) is 2.74. The molecule has 0 aliphatic rings. The fourth-order valence-corrected chi connectivity index (χ4v) is 0.260. The topological polar surface area (TPSA) is 72.6 Å². The van der Waals surface area contributed by atoms with Crippen molar-refractivity contribution in [3.63, 3.8) is 0 Å². The summed E-state index contributed by atoms with van der Waals surface area (Å²) in [6.07, 6.45) is 1.28. The number of azide groups is 1. The second-order valence-electron chi connectivity index (χ2n) is 2.52. The van der Waals surface area contributed by atoms with Crippen LogP contribution in [0, 0.1) is 10.8 Å². The maximum Gasteiger partial charge on any atom is 0.0358 e.